The van der Waals surface area contributed by atoms with Crippen LogP contribution in [0.4, 0.5) is 11.4 Å². The molecule has 0 fully saturated rings. The van der Waals surface area contributed by atoms with Gasteiger partial charge in [-0.05, 0) is 68.4 Å². The number of aryl methyl sites for hydroxylation is 2. The third kappa shape index (κ3) is 10.8. The predicted molar refractivity (Wildman–Crippen MR) is 168 cm³/mol. The van der Waals surface area contributed by atoms with Crippen molar-refractivity contribution in [2.75, 3.05) is 6.79 Å². The molecule has 0 aromatic heterocycles. The van der Waals surface area contributed by atoms with Crippen molar-refractivity contribution < 1.29 is 51.8 Å². The molecule has 0 N–H and O–H groups in total. The zero-order valence-electron chi connectivity index (χ0n) is 25.0. The summed E-state index contributed by atoms with van der Waals surface area (Å²) < 4.78 is 11.4. The summed E-state index contributed by atoms with van der Waals surface area (Å²) in [5.74, 6) is 0.580. The third-order valence-electron chi connectivity index (χ3n) is 6.35. The van der Waals surface area contributed by atoms with Crippen molar-refractivity contribution in [3.05, 3.63) is 155 Å². The molecule has 44 heavy (non-hydrogen) atoms. The molecular weight excluding hydrogens is 625 g/mol. The van der Waals surface area contributed by atoms with E-state index < -0.39 is 0 Å². The van der Waals surface area contributed by atoms with E-state index in [0.717, 1.165) is 12.1 Å². The molecule has 0 amide bonds. The first-order chi connectivity index (χ1) is 20.9. The van der Waals surface area contributed by atoms with Crippen LogP contribution in [-0.4, -0.2) is 18.4 Å². The smallest absolute Gasteiger partial charge is 0.230 e. The number of azo groups is 1. The molecule has 0 aliphatic heterocycles. The van der Waals surface area contributed by atoms with Gasteiger partial charge in [0.2, 0.25) is 6.79 Å². The van der Waals surface area contributed by atoms with E-state index in [1.165, 1.54) is 18.1 Å². The molecule has 5 aromatic rings. The molecule has 5 rings (SSSR count). The molecule has 0 aliphatic rings. The van der Waals surface area contributed by atoms with Gasteiger partial charge < -0.3 is 9.47 Å². The maximum Gasteiger partial charge on any atom is 0.230 e. The van der Waals surface area contributed by atoms with Crippen LogP contribution in [-0.2, 0) is 39.1 Å². The monoisotopic (exact) mass is 657 g/mol. The van der Waals surface area contributed by atoms with Gasteiger partial charge in [0.05, 0.1) is 11.4 Å². The van der Waals surface area contributed by atoms with E-state index in [9.17, 15) is 9.59 Å². The van der Waals surface area contributed by atoms with E-state index in [0.29, 0.717) is 33.9 Å². The fourth-order valence-corrected chi connectivity index (χ4v) is 3.88. The van der Waals surface area contributed by atoms with E-state index in [2.05, 4.69) is 41.4 Å². The van der Waals surface area contributed by atoms with Crippen LogP contribution in [0.2, 0.25) is 0 Å². The van der Waals surface area contributed by atoms with Gasteiger partial charge in [-0.3, -0.25) is 9.59 Å². The quantitative estimate of drug-likeness (QED) is 0.0650. The largest absolute Gasteiger partial charge is 0.458 e. The van der Waals surface area contributed by atoms with Gasteiger partial charge in [-0.25, -0.2) is 0 Å². The predicted octanol–water partition coefficient (Wildman–Crippen LogP) is 9.11. The number of benzene rings is 5. The van der Waals surface area contributed by atoms with Crippen molar-refractivity contribution >= 4 is 22.9 Å². The molecule has 7 heteroatoms. The number of hydrogen-bond donors (Lipinski definition) is 0. The van der Waals surface area contributed by atoms with Crippen molar-refractivity contribution in [1.82, 2.24) is 0 Å². The Morgan fingerprint density at radius 2 is 1.18 bits per heavy atom. The van der Waals surface area contributed by atoms with Crippen LogP contribution in [0, 0.1) is 19.1 Å². The van der Waals surface area contributed by atoms with Crippen molar-refractivity contribution in [3.8, 4) is 11.5 Å². The number of ether oxygens (including phenoxy) is 2. The minimum Gasteiger partial charge on any atom is -0.458 e. The van der Waals surface area contributed by atoms with Gasteiger partial charge >= 0.3 is 0 Å². The van der Waals surface area contributed by atoms with E-state index in [1.807, 2.05) is 43.3 Å². The number of hydrogen-bond acceptors (Lipinski definition) is 6. The molecule has 0 saturated carbocycles. The van der Waals surface area contributed by atoms with Crippen LogP contribution in [0.25, 0.3) is 0 Å². The Balaban J connectivity index is 0.000000511. The second-order valence-electron chi connectivity index (χ2n) is 9.62. The summed E-state index contributed by atoms with van der Waals surface area (Å²) in [5, 5.41) is 8.44. The zero-order valence-corrected chi connectivity index (χ0v) is 27.8. The number of nitrogens with zero attached hydrogens (tertiary/aromatic N) is 2. The molecule has 5 aromatic carbocycles. The number of Topliss-reactive ketones (excluding diaryl/α,β-unsaturated/α-hetero) is 1. The summed E-state index contributed by atoms with van der Waals surface area (Å²) in [6, 6.07) is 40.2. The minimum absolute atomic E-state index is 0. The first-order valence-electron chi connectivity index (χ1n) is 13.9. The summed E-state index contributed by atoms with van der Waals surface area (Å²) in [6.45, 7) is 5.51. The topological polar surface area (TPSA) is 77.3 Å². The maximum absolute atomic E-state index is 12.8. The van der Waals surface area contributed by atoms with Gasteiger partial charge in [0.1, 0.15) is 11.5 Å². The summed E-state index contributed by atoms with van der Waals surface area (Å²) in [4.78, 5) is 24.8. The molecule has 0 heterocycles. The Labute approximate surface area is 284 Å². The molecule has 0 bridgehead atoms. The summed E-state index contributed by atoms with van der Waals surface area (Å²) >= 11 is 0. The second kappa shape index (κ2) is 17.8. The first kappa shape index (κ1) is 34.2. The van der Waals surface area contributed by atoms with Gasteiger partial charge in [0, 0.05) is 43.8 Å². The Bertz CT molecular complexity index is 1650. The molecule has 0 saturated heterocycles. The molecular formula is C37H32N2O4Y-2. The fraction of sp³-hybridized carbons (Fsp3) is 0.135. The van der Waals surface area contributed by atoms with Gasteiger partial charge in [0.15, 0.2) is 11.6 Å². The first-order valence-corrected chi connectivity index (χ1v) is 13.9. The van der Waals surface area contributed by atoms with Gasteiger partial charge in [0.25, 0.3) is 0 Å². The number of carbonyl (C=O) groups is 2. The van der Waals surface area contributed by atoms with Crippen LogP contribution < -0.4 is 9.47 Å². The van der Waals surface area contributed by atoms with E-state index in [-0.39, 0.29) is 51.1 Å². The standard InChI is InChI=1S/C29H23N2O4.C8H9.Y/c1-20-8-10-25(11-9-20)30-31-26-12-14-27(15-13-26)34-19-35-28-17-23(21(2)32)16-24(18-28)29(33)22-6-4-3-5-7-22;1-2-8-6-4-3-5-7-8;/h4-18H,19H2,1-2H3;4-7H,2H2,1H3;/q2*-1;. The molecule has 0 aliphatic carbocycles. The molecule has 219 valence electrons. The van der Waals surface area contributed by atoms with Crippen LogP contribution >= 0.6 is 0 Å². The average Bonchev–Trinajstić information content (AvgIpc) is 3.05. The molecule has 0 spiro atoms. The van der Waals surface area contributed by atoms with Crippen LogP contribution in [0.15, 0.2) is 125 Å². The SMILES string of the molecule is CC(=O)c1cc(OCOc2ccc(N=Nc3ccc(C)cc3)cc2)cc(C(=O)c2cc[c-]cc2)c1.CCc1cc[c-]cc1.[Y]. The summed E-state index contributed by atoms with van der Waals surface area (Å²) in [5.41, 5.74) is 5.27. The molecule has 1 radical (unpaired) electrons. The van der Waals surface area contributed by atoms with E-state index >= 15 is 0 Å². The van der Waals surface area contributed by atoms with E-state index in [1.54, 1.807) is 66.7 Å². The molecule has 6 nitrogen and oxygen atoms in total. The van der Waals surface area contributed by atoms with Crippen LogP contribution in [0.3, 0.4) is 0 Å². The van der Waals surface area contributed by atoms with Crippen LogP contribution in [0.5, 0.6) is 11.5 Å². The molecule has 0 atom stereocenters. The third-order valence-corrected chi connectivity index (χ3v) is 6.35. The number of ketones is 2. The minimum atomic E-state index is -0.205. The summed E-state index contributed by atoms with van der Waals surface area (Å²) in [6.07, 6.45) is 1.12. The van der Waals surface area contributed by atoms with E-state index in [4.69, 9.17) is 9.47 Å². The normalized spacial score (nSPS) is 10.2. The van der Waals surface area contributed by atoms with Gasteiger partial charge in [-0.15, -0.1) is 0 Å². The maximum atomic E-state index is 12.8. The Morgan fingerprint density at radius 1 is 0.659 bits per heavy atom. The average molecular weight is 658 g/mol. The zero-order chi connectivity index (χ0) is 30.4. The van der Waals surface area contributed by atoms with Crippen LogP contribution in [0.1, 0.15) is 51.3 Å². The Hall–Kier alpha value is -4.26. The van der Waals surface area contributed by atoms with Gasteiger partial charge in [-0.2, -0.15) is 76.5 Å². The van der Waals surface area contributed by atoms with Crippen molar-refractivity contribution in [2.45, 2.75) is 27.2 Å². The van der Waals surface area contributed by atoms with Crippen molar-refractivity contribution in [1.29, 1.82) is 0 Å². The Kier molecular flexibility index (Phi) is 13.8. The number of rotatable bonds is 10. The fourth-order valence-electron chi connectivity index (χ4n) is 3.88. The van der Waals surface area contributed by atoms with Crippen molar-refractivity contribution in [3.63, 3.8) is 0 Å². The Morgan fingerprint density at radius 3 is 1.73 bits per heavy atom. The number of carbonyl (C=O) groups excluding carboxylic acids is 2. The molecule has 0 unspecified atom stereocenters. The summed E-state index contributed by atoms with van der Waals surface area (Å²) in [7, 11) is 0. The van der Waals surface area contributed by atoms with Crippen molar-refractivity contribution in [2.24, 2.45) is 10.2 Å². The van der Waals surface area contributed by atoms with Gasteiger partial charge in [-0.1, -0.05) is 36.6 Å². The second-order valence-corrected chi connectivity index (χ2v) is 9.62.